The van der Waals surface area contributed by atoms with E-state index in [1.807, 2.05) is 30.3 Å². The number of nitro groups is 1. The molecule has 0 saturated heterocycles. The number of anilines is 1. The molecule has 0 fully saturated rings. The van der Waals surface area contributed by atoms with Crippen LogP contribution in [0.25, 0.3) is 0 Å². The Balaban J connectivity index is 1.58. The zero-order valence-electron chi connectivity index (χ0n) is 14.8. The van der Waals surface area contributed by atoms with Crippen LogP contribution < -0.4 is 10.1 Å². The van der Waals surface area contributed by atoms with Crippen LogP contribution in [0.3, 0.4) is 0 Å². The van der Waals surface area contributed by atoms with Crippen LogP contribution in [0.2, 0.25) is 0 Å². The van der Waals surface area contributed by atoms with Gasteiger partial charge < -0.3 is 10.1 Å². The van der Waals surface area contributed by atoms with Crippen molar-refractivity contribution in [1.82, 2.24) is 0 Å². The van der Waals surface area contributed by atoms with Gasteiger partial charge in [0.05, 0.1) is 9.40 Å². The molecule has 0 heterocycles. The van der Waals surface area contributed by atoms with Crippen molar-refractivity contribution >= 4 is 27.3 Å². The molecule has 3 rings (SSSR count). The molecule has 0 radical (unpaired) electrons. The van der Waals surface area contributed by atoms with Gasteiger partial charge in [-0.15, -0.1) is 0 Å². The predicted molar refractivity (Wildman–Crippen MR) is 110 cm³/mol. The average molecular weight is 427 g/mol. The molecule has 0 amide bonds. The second-order valence-corrected chi connectivity index (χ2v) is 7.05. The molecular formula is C21H19BrN2O3. The lowest BCUT2D eigenvalue weighted by atomic mass is 10.2. The Hall–Kier alpha value is -2.86. The van der Waals surface area contributed by atoms with E-state index in [-0.39, 0.29) is 5.69 Å². The van der Waals surface area contributed by atoms with Gasteiger partial charge >= 0.3 is 0 Å². The third-order valence-corrected chi connectivity index (χ3v) is 4.67. The van der Waals surface area contributed by atoms with Gasteiger partial charge in [-0.25, -0.2) is 0 Å². The number of halogens is 1. The summed E-state index contributed by atoms with van der Waals surface area (Å²) in [5.74, 6) is 0.729. The summed E-state index contributed by atoms with van der Waals surface area (Å²) in [7, 11) is 0. The minimum absolute atomic E-state index is 0.0744. The molecule has 0 saturated carbocycles. The van der Waals surface area contributed by atoms with E-state index < -0.39 is 4.92 Å². The highest BCUT2D eigenvalue weighted by Crippen LogP contribution is 2.27. The summed E-state index contributed by atoms with van der Waals surface area (Å²) in [5.41, 5.74) is 4.38. The lowest BCUT2D eigenvalue weighted by molar-refractivity contribution is -0.384. The SMILES string of the molecule is Cc1cccc(NCc2ccc(OCc3ccc([N+](=O)[O-])cc3)c(Br)c2)c1. The first-order valence-corrected chi connectivity index (χ1v) is 9.25. The van der Waals surface area contributed by atoms with Crippen molar-refractivity contribution < 1.29 is 9.66 Å². The van der Waals surface area contributed by atoms with E-state index in [4.69, 9.17) is 4.74 Å². The van der Waals surface area contributed by atoms with Crippen LogP contribution in [0.5, 0.6) is 5.75 Å². The van der Waals surface area contributed by atoms with Gasteiger partial charge in [-0.3, -0.25) is 10.1 Å². The van der Waals surface area contributed by atoms with Crippen molar-refractivity contribution in [2.24, 2.45) is 0 Å². The maximum Gasteiger partial charge on any atom is 0.269 e. The number of nitrogens with one attached hydrogen (secondary N) is 1. The quantitative estimate of drug-likeness (QED) is 0.379. The van der Waals surface area contributed by atoms with Gasteiger partial charge in [-0.1, -0.05) is 18.2 Å². The Morgan fingerprint density at radius 1 is 1.04 bits per heavy atom. The van der Waals surface area contributed by atoms with Crippen LogP contribution in [-0.2, 0) is 13.2 Å². The number of non-ortho nitro benzene ring substituents is 1. The molecule has 3 aromatic rings. The van der Waals surface area contributed by atoms with Gasteiger partial charge in [-0.05, 0) is 75.9 Å². The van der Waals surface area contributed by atoms with E-state index in [1.54, 1.807) is 12.1 Å². The second kappa shape index (κ2) is 8.68. The average Bonchev–Trinajstić information content (AvgIpc) is 2.66. The number of rotatable bonds is 7. The first kappa shape index (κ1) is 18.9. The largest absolute Gasteiger partial charge is 0.488 e. The summed E-state index contributed by atoms with van der Waals surface area (Å²) in [4.78, 5) is 10.3. The molecule has 0 aliphatic rings. The molecule has 27 heavy (non-hydrogen) atoms. The minimum Gasteiger partial charge on any atom is -0.488 e. The molecule has 0 unspecified atom stereocenters. The topological polar surface area (TPSA) is 64.4 Å². The van der Waals surface area contributed by atoms with Gasteiger partial charge in [0, 0.05) is 24.4 Å². The maximum absolute atomic E-state index is 10.7. The molecule has 5 nitrogen and oxygen atoms in total. The third-order valence-electron chi connectivity index (χ3n) is 4.05. The Morgan fingerprint density at radius 3 is 2.44 bits per heavy atom. The monoisotopic (exact) mass is 426 g/mol. The molecular weight excluding hydrogens is 408 g/mol. The molecule has 0 aromatic heterocycles. The smallest absolute Gasteiger partial charge is 0.269 e. The van der Waals surface area contributed by atoms with Crippen LogP contribution >= 0.6 is 15.9 Å². The van der Waals surface area contributed by atoms with Gasteiger partial charge in [0.1, 0.15) is 12.4 Å². The molecule has 6 heteroatoms. The van der Waals surface area contributed by atoms with Crippen molar-refractivity contribution in [2.45, 2.75) is 20.1 Å². The first-order valence-electron chi connectivity index (χ1n) is 8.46. The highest BCUT2D eigenvalue weighted by Gasteiger charge is 2.06. The van der Waals surface area contributed by atoms with E-state index in [0.29, 0.717) is 13.2 Å². The van der Waals surface area contributed by atoms with E-state index >= 15 is 0 Å². The Bertz CT molecular complexity index is 942. The van der Waals surface area contributed by atoms with Gasteiger partial charge in [0.2, 0.25) is 0 Å². The lowest BCUT2D eigenvalue weighted by Gasteiger charge is -2.11. The molecule has 0 atom stereocenters. The van der Waals surface area contributed by atoms with Crippen molar-refractivity contribution in [3.8, 4) is 5.75 Å². The van der Waals surface area contributed by atoms with Gasteiger partial charge in [-0.2, -0.15) is 0 Å². The fraction of sp³-hybridized carbons (Fsp3) is 0.143. The van der Waals surface area contributed by atoms with Crippen molar-refractivity contribution in [3.05, 3.63) is 98.0 Å². The summed E-state index contributed by atoms with van der Waals surface area (Å²) in [5, 5.41) is 14.1. The van der Waals surface area contributed by atoms with Crippen LogP contribution in [0.1, 0.15) is 16.7 Å². The number of benzene rings is 3. The molecule has 0 aliphatic heterocycles. The van der Waals surface area contributed by atoms with E-state index in [9.17, 15) is 10.1 Å². The Kier molecular flexibility index (Phi) is 6.08. The summed E-state index contributed by atoms with van der Waals surface area (Å²) in [6.45, 7) is 3.13. The van der Waals surface area contributed by atoms with Crippen molar-refractivity contribution in [1.29, 1.82) is 0 Å². The minimum atomic E-state index is -0.412. The Morgan fingerprint density at radius 2 is 1.78 bits per heavy atom. The molecule has 0 aliphatic carbocycles. The maximum atomic E-state index is 10.7. The number of ether oxygens (including phenoxy) is 1. The second-order valence-electron chi connectivity index (χ2n) is 6.20. The van der Waals surface area contributed by atoms with Crippen LogP contribution in [-0.4, -0.2) is 4.92 Å². The standard InChI is InChI=1S/C21H19BrN2O3/c1-15-3-2-4-18(11-15)23-13-17-7-10-21(20(22)12-17)27-14-16-5-8-19(9-6-16)24(25)26/h2-12,23H,13-14H2,1H3. The summed E-state index contributed by atoms with van der Waals surface area (Å²) in [6.07, 6.45) is 0. The van der Waals surface area contributed by atoms with E-state index in [1.165, 1.54) is 17.7 Å². The number of nitrogens with zero attached hydrogens (tertiary/aromatic N) is 1. The highest BCUT2D eigenvalue weighted by molar-refractivity contribution is 9.10. The molecule has 0 bridgehead atoms. The third kappa shape index (κ3) is 5.31. The highest BCUT2D eigenvalue weighted by atomic mass is 79.9. The molecule has 0 spiro atoms. The number of hydrogen-bond acceptors (Lipinski definition) is 4. The summed E-state index contributed by atoms with van der Waals surface area (Å²) in [6, 6.07) is 20.6. The van der Waals surface area contributed by atoms with Gasteiger partial charge in [0.15, 0.2) is 0 Å². The molecule has 138 valence electrons. The Labute approximate surface area is 166 Å². The first-order chi connectivity index (χ1) is 13.0. The zero-order chi connectivity index (χ0) is 19.2. The van der Waals surface area contributed by atoms with Crippen molar-refractivity contribution in [3.63, 3.8) is 0 Å². The van der Waals surface area contributed by atoms with E-state index in [0.717, 1.165) is 27.0 Å². The number of hydrogen-bond donors (Lipinski definition) is 1. The van der Waals surface area contributed by atoms with Crippen molar-refractivity contribution in [2.75, 3.05) is 5.32 Å². The van der Waals surface area contributed by atoms with Gasteiger partial charge in [0.25, 0.3) is 5.69 Å². The normalized spacial score (nSPS) is 10.4. The fourth-order valence-corrected chi connectivity index (χ4v) is 3.15. The zero-order valence-corrected chi connectivity index (χ0v) is 16.4. The van der Waals surface area contributed by atoms with E-state index in [2.05, 4.69) is 40.3 Å². The molecule has 1 N–H and O–H groups in total. The fourth-order valence-electron chi connectivity index (χ4n) is 2.61. The van der Waals surface area contributed by atoms with Crippen LogP contribution in [0.4, 0.5) is 11.4 Å². The van der Waals surface area contributed by atoms with Crippen LogP contribution in [0.15, 0.2) is 71.2 Å². The summed E-state index contributed by atoms with van der Waals surface area (Å²) >= 11 is 3.55. The number of nitro benzene ring substituents is 1. The lowest BCUT2D eigenvalue weighted by Crippen LogP contribution is -2.01. The predicted octanol–water partition coefficient (Wildman–Crippen LogP) is 5.86. The van der Waals surface area contributed by atoms with Crippen LogP contribution in [0, 0.1) is 17.0 Å². The number of aryl methyl sites for hydroxylation is 1. The molecule has 3 aromatic carbocycles. The summed E-state index contributed by atoms with van der Waals surface area (Å²) < 4.78 is 6.69.